The van der Waals surface area contributed by atoms with Gasteiger partial charge in [-0.25, -0.2) is 0 Å². The molecular formula is C22H44N2S4Zn. The Bertz CT molecular complexity index is 354. The molecule has 0 fully saturated rings. The summed E-state index contributed by atoms with van der Waals surface area (Å²) in [4.78, 5) is 4.31. The zero-order chi connectivity index (χ0) is 22.3. The molecule has 0 aliphatic carbocycles. The first-order chi connectivity index (χ1) is 12.9. The first-order valence-corrected chi connectivity index (χ1v) is 12.4. The zero-order valence-electron chi connectivity index (χ0n) is 20.2. The second-order valence-corrected chi connectivity index (χ2v) is 11.3. The van der Waals surface area contributed by atoms with Gasteiger partial charge in [-0.3, -0.25) is 0 Å². The summed E-state index contributed by atoms with van der Waals surface area (Å²) < 4.78 is 1.26. The van der Waals surface area contributed by atoms with Gasteiger partial charge in [0.25, 0.3) is 0 Å². The maximum absolute atomic E-state index is 5.06. The van der Waals surface area contributed by atoms with E-state index in [-0.39, 0.29) is 19.5 Å². The fourth-order valence-corrected chi connectivity index (χ4v) is 2.98. The minimum Gasteiger partial charge on any atom is -0.411 e. The summed E-state index contributed by atoms with van der Waals surface area (Å²) in [6.45, 7) is 21.9. The molecule has 0 aliphatic rings. The summed E-state index contributed by atoms with van der Waals surface area (Å²) in [7, 11) is 0. The molecular weight excluding hydrogens is 486 g/mol. The Morgan fingerprint density at radius 3 is 0.828 bits per heavy atom. The van der Waals surface area contributed by atoms with Gasteiger partial charge in [0, 0.05) is 26.2 Å². The van der Waals surface area contributed by atoms with Crippen molar-refractivity contribution in [2.24, 2.45) is 23.7 Å². The predicted molar refractivity (Wildman–Crippen MR) is 141 cm³/mol. The molecule has 29 heavy (non-hydrogen) atoms. The maximum Gasteiger partial charge on any atom is 2.00 e. The van der Waals surface area contributed by atoms with E-state index < -0.39 is 0 Å². The van der Waals surface area contributed by atoms with E-state index in [1.54, 1.807) is 0 Å². The Morgan fingerprint density at radius 2 is 0.724 bits per heavy atom. The van der Waals surface area contributed by atoms with Crippen molar-refractivity contribution in [3.8, 4) is 0 Å². The Balaban J connectivity index is -0.000000451. The van der Waals surface area contributed by atoms with E-state index in [2.05, 4.69) is 65.2 Å². The molecule has 0 N–H and O–H groups in total. The van der Waals surface area contributed by atoms with Crippen LogP contribution in [0.1, 0.15) is 81.1 Å². The fourth-order valence-electron chi connectivity index (χ4n) is 2.24. The molecule has 0 saturated heterocycles. The monoisotopic (exact) mass is 528 g/mol. The molecule has 0 rings (SSSR count). The van der Waals surface area contributed by atoms with Crippen LogP contribution in [0.15, 0.2) is 0 Å². The molecule has 0 unspecified atom stereocenters. The minimum absolute atomic E-state index is 0. The van der Waals surface area contributed by atoms with Crippen molar-refractivity contribution >= 4 is 58.3 Å². The van der Waals surface area contributed by atoms with Gasteiger partial charge in [0.15, 0.2) is 0 Å². The van der Waals surface area contributed by atoms with Crippen molar-refractivity contribution in [1.82, 2.24) is 9.80 Å². The predicted octanol–water partition coefficient (Wildman–Crippen LogP) is 6.42. The van der Waals surface area contributed by atoms with Crippen LogP contribution in [-0.2, 0) is 44.7 Å². The molecule has 0 aliphatic heterocycles. The Labute approximate surface area is 217 Å². The van der Waals surface area contributed by atoms with Crippen molar-refractivity contribution in [2.45, 2.75) is 81.1 Å². The zero-order valence-corrected chi connectivity index (χ0v) is 26.4. The van der Waals surface area contributed by atoms with Crippen LogP contribution in [0.25, 0.3) is 0 Å². The Hall–Kier alpha value is 0.843. The van der Waals surface area contributed by atoms with Gasteiger partial charge in [-0.1, -0.05) is 64.0 Å². The van der Waals surface area contributed by atoms with Crippen LogP contribution in [0, 0.1) is 23.7 Å². The van der Waals surface area contributed by atoms with Gasteiger partial charge in [-0.05, 0) is 49.4 Å². The van der Waals surface area contributed by atoms with Crippen molar-refractivity contribution in [1.29, 1.82) is 0 Å². The van der Waals surface area contributed by atoms with Crippen molar-refractivity contribution in [3.63, 3.8) is 0 Å². The molecule has 0 radical (unpaired) electrons. The van der Waals surface area contributed by atoms with Gasteiger partial charge < -0.3 is 59.5 Å². The molecule has 0 spiro atoms. The summed E-state index contributed by atoms with van der Waals surface area (Å²) in [5.41, 5.74) is 0. The molecule has 0 aromatic rings. The van der Waals surface area contributed by atoms with Crippen LogP contribution in [-0.4, -0.2) is 44.6 Å². The first-order valence-electron chi connectivity index (χ1n) is 10.8. The smallest absolute Gasteiger partial charge is 0.411 e. The molecule has 168 valence electrons. The Morgan fingerprint density at radius 1 is 0.552 bits per heavy atom. The first kappa shape index (κ1) is 34.5. The summed E-state index contributed by atoms with van der Waals surface area (Å²) in [5.74, 6) is 2.89. The Kier molecular flexibility index (Phi) is 24.6. The van der Waals surface area contributed by atoms with Crippen LogP contribution in [0.2, 0.25) is 0 Å². The van der Waals surface area contributed by atoms with Gasteiger partial charge in [0.05, 0.1) is 0 Å². The van der Waals surface area contributed by atoms with E-state index in [1.807, 2.05) is 0 Å². The van der Waals surface area contributed by atoms with Gasteiger partial charge >= 0.3 is 19.5 Å². The van der Waals surface area contributed by atoms with Crippen LogP contribution < -0.4 is 0 Å². The van der Waals surface area contributed by atoms with Crippen molar-refractivity contribution in [2.75, 3.05) is 26.2 Å². The second-order valence-electron chi connectivity index (χ2n) is 9.24. The van der Waals surface area contributed by atoms with Crippen LogP contribution in [0.5, 0.6) is 0 Å². The van der Waals surface area contributed by atoms with Crippen LogP contribution in [0.3, 0.4) is 0 Å². The van der Waals surface area contributed by atoms with Crippen LogP contribution >= 0.6 is 24.4 Å². The van der Waals surface area contributed by atoms with Gasteiger partial charge in [-0.15, -0.1) is 0 Å². The van der Waals surface area contributed by atoms with E-state index >= 15 is 0 Å². The molecule has 0 bridgehead atoms. The molecule has 0 aromatic heterocycles. The third-order valence-corrected chi connectivity index (χ3v) is 5.45. The van der Waals surface area contributed by atoms with E-state index in [0.717, 1.165) is 49.9 Å². The largest absolute Gasteiger partial charge is 2.00 e. The molecule has 0 heterocycles. The van der Waals surface area contributed by atoms with Crippen molar-refractivity contribution < 1.29 is 19.5 Å². The third-order valence-electron chi connectivity index (χ3n) is 4.42. The fraction of sp³-hybridized carbons (Fsp3) is 0.909. The average Bonchev–Trinajstić information content (AvgIpc) is 2.53. The van der Waals surface area contributed by atoms with E-state index in [1.165, 1.54) is 25.7 Å². The number of rotatable bonds is 12. The molecule has 2 nitrogen and oxygen atoms in total. The van der Waals surface area contributed by atoms with E-state index in [4.69, 9.17) is 49.7 Å². The number of hydrogen-bond acceptors (Lipinski definition) is 4. The number of thiocarbonyl (C=S) groups is 2. The quantitative estimate of drug-likeness (QED) is 0.162. The maximum atomic E-state index is 5.06. The summed E-state index contributed by atoms with van der Waals surface area (Å²) in [6.07, 6.45) is 4.70. The molecule has 0 atom stereocenters. The SMILES string of the molecule is CC(C)CCN(CCC(C)C)C(=S)[S-].CC(C)CCN(CCC(C)C)C(=S)[S-].[Zn+2]. The second kappa shape index (κ2) is 20.7. The third kappa shape index (κ3) is 25.0. The minimum atomic E-state index is 0. The van der Waals surface area contributed by atoms with Gasteiger partial charge in [0.1, 0.15) is 0 Å². The van der Waals surface area contributed by atoms with Crippen LogP contribution in [0.4, 0.5) is 0 Å². The standard InChI is InChI=1S/2C11H23NS2.Zn/c2*1-9(2)5-7-12(11(13)14)8-6-10(3)4;/h2*9-10H,5-8H2,1-4H3,(H,13,14);/q;;+2/p-2. The number of hydrogen-bond donors (Lipinski definition) is 0. The molecule has 0 saturated carbocycles. The van der Waals surface area contributed by atoms with Gasteiger partial charge in [0.2, 0.25) is 0 Å². The summed E-state index contributed by atoms with van der Waals surface area (Å²) in [5, 5.41) is 0. The van der Waals surface area contributed by atoms with Crippen molar-refractivity contribution in [3.05, 3.63) is 0 Å². The van der Waals surface area contributed by atoms with E-state index in [9.17, 15) is 0 Å². The average molecular weight is 530 g/mol. The molecule has 7 heteroatoms. The van der Waals surface area contributed by atoms with Gasteiger partial charge in [-0.2, -0.15) is 0 Å². The molecule has 0 aromatic carbocycles. The normalized spacial score (nSPS) is 10.6. The topological polar surface area (TPSA) is 6.48 Å². The summed E-state index contributed by atoms with van der Waals surface area (Å²) >= 11 is 20.2. The number of nitrogens with zero attached hydrogens (tertiary/aromatic N) is 2. The summed E-state index contributed by atoms with van der Waals surface area (Å²) in [6, 6.07) is 0. The molecule has 0 amide bonds. The van der Waals surface area contributed by atoms with E-state index in [0.29, 0.717) is 8.64 Å².